The summed E-state index contributed by atoms with van der Waals surface area (Å²) in [5, 5.41) is 9.56. The molecule has 2 amide bonds. The first kappa shape index (κ1) is 17.0. The minimum atomic E-state index is -0.565. The van der Waals surface area contributed by atoms with Crippen LogP contribution in [0.3, 0.4) is 0 Å². The van der Waals surface area contributed by atoms with Crippen molar-refractivity contribution in [2.75, 3.05) is 24.5 Å². The van der Waals surface area contributed by atoms with Crippen LogP contribution in [-0.4, -0.2) is 47.6 Å². The Bertz CT molecular complexity index is 604. The molecule has 1 N–H and O–H groups in total. The number of carbonyl (C=O) groups is 2. The molecule has 24 heavy (non-hydrogen) atoms. The molecule has 0 radical (unpaired) electrons. The van der Waals surface area contributed by atoms with Crippen LogP contribution in [0.15, 0.2) is 24.3 Å². The second kappa shape index (κ2) is 6.93. The van der Waals surface area contributed by atoms with Gasteiger partial charge in [-0.1, -0.05) is 26.0 Å². The van der Waals surface area contributed by atoms with E-state index >= 15 is 0 Å². The van der Waals surface area contributed by atoms with Crippen LogP contribution < -0.4 is 4.90 Å². The minimum Gasteiger partial charge on any atom is -0.393 e. The second-order valence-corrected chi connectivity index (χ2v) is 7.13. The Morgan fingerprint density at radius 1 is 1.08 bits per heavy atom. The first-order valence-corrected chi connectivity index (χ1v) is 8.85. The quantitative estimate of drug-likeness (QED) is 0.864. The molecule has 0 saturated carbocycles. The predicted molar refractivity (Wildman–Crippen MR) is 92.8 cm³/mol. The molecule has 2 saturated heterocycles. The lowest BCUT2D eigenvalue weighted by Crippen LogP contribution is -2.45. The van der Waals surface area contributed by atoms with E-state index in [-0.39, 0.29) is 17.9 Å². The molecule has 5 nitrogen and oxygen atoms in total. The molecule has 1 atom stereocenters. The highest BCUT2D eigenvalue weighted by atomic mass is 16.3. The van der Waals surface area contributed by atoms with Gasteiger partial charge in [0.2, 0.25) is 11.8 Å². The normalized spacial score (nSPS) is 22.5. The molecule has 0 bridgehead atoms. The summed E-state index contributed by atoms with van der Waals surface area (Å²) >= 11 is 0. The van der Waals surface area contributed by atoms with Crippen molar-refractivity contribution < 1.29 is 14.7 Å². The highest BCUT2D eigenvalue weighted by Gasteiger charge is 2.40. The molecule has 1 aromatic rings. The molecule has 3 rings (SSSR count). The Kier molecular flexibility index (Phi) is 4.90. The number of rotatable bonds is 3. The molecule has 0 aliphatic carbocycles. The van der Waals surface area contributed by atoms with E-state index in [0.29, 0.717) is 44.8 Å². The van der Waals surface area contributed by atoms with Crippen molar-refractivity contribution in [3.05, 3.63) is 29.8 Å². The second-order valence-electron chi connectivity index (χ2n) is 7.13. The van der Waals surface area contributed by atoms with Gasteiger partial charge in [-0.25, -0.2) is 0 Å². The van der Waals surface area contributed by atoms with Gasteiger partial charge in [0.1, 0.15) is 5.92 Å². The largest absolute Gasteiger partial charge is 0.393 e. The van der Waals surface area contributed by atoms with Crippen molar-refractivity contribution in [2.24, 2.45) is 5.92 Å². The van der Waals surface area contributed by atoms with Crippen LogP contribution in [0.4, 0.5) is 5.69 Å². The summed E-state index contributed by atoms with van der Waals surface area (Å²) in [7, 11) is 0. The van der Waals surface area contributed by atoms with Gasteiger partial charge in [0.15, 0.2) is 0 Å². The van der Waals surface area contributed by atoms with E-state index in [4.69, 9.17) is 0 Å². The number of piperidine rings is 1. The van der Waals surface area contributed by atoms with E-state index < -0.39 is 5.92 Å². The fourth-order valence-corrected chi connectivity index (χ4v) is 3.51. The molecule has 2 aliphatic rings. The van der Waals surface area contributed by atoms with Crippen molar-refractivity contribution in [1.82, 2.24) is 4.90 Å². The van der Waals surface area contributed by atoms with Gasteiger partial charge >= 0.3 is 0 Å². The van der Waals surface area contributed by atoms with Crippen LogP contribution in [0.25, 0.3) is 0 Å². The summed E-state index contributed by atoms with van der Waals surface area (Å²) < 4.78 is 0. The van der Waals surface area contributed by atoms with Gasteiger partial charge < -0.3 is 14.9 Å². The van der Waals surface area contributed by atoms with Gasteiger partial charge in [-0.05, 0) is 42.9 Å². The predicted octanol–water partition coefficient (Wildman–Crippen LogP) is 2.15. The Hall–Kier alpha value is -1.88. The van der Waals surface area contributed by atoms with Crippen molar-refractivity contribution in [3.63, 3.8) is 0 Å². The number of anilines is 1. The molecule has 2 heterocycles. The van der Waals surface area contributed by atoms with E-state index in [0.717, 1.165) is 5.69 Å². The van der Waals surface area contributed by atoms with E-state index in [9.17, 15) is 14.7 Å². The number of hydrogen-bond donors (Lipinski definition) is 1. The van der Waals surface area contributed by atoms with Crippen LogP contribution >= 0.6 is 0 Å². The topological polar surface area (TPSA) is 60.9 Å². The van der Waals surface area contributed by atoms with Crippen LogP contribution in [-0.2, 0) is 9.59 Å². The number of nitrogens with zero attached hydrogens (tertiary/aromatic N) is 2. The average Bonchev–Trinajstić information content (AvgIpc) is 2.96. The van der Waals surface area contributed by atoms with Crippen LogP contribution in [0.1, 0.15) is 44.6 Å². The molecule has 2 aliphatic heterocycles. The monoisotopic (exact) mass is 330 g/mol. The highest BCUT2D eigenvalue weighted by molar-refractivity contribution is 6.09. The molecular weight excluding hydrogens is 304 g/mol. The molecule has 2 fully saturated rings. The molecule has 0 aromatic heterocycles. The molecular formula is C19H26N2O3. The maximum absolute atomic E-state index is 12.7. The van der Waals surface area contributed by atoms with Crippen LogP contribution in [0, 0.1) is 5.92 Å². The average molecular weight is 330 g/mol. The Balaban J connectivity index is 1.67. The van der Waals surface area contributed by atoms with E-state index in [1.165, 1.54) is 5.56 Å². The van der Waals surface area contributed by atoms with Gasteiger partial charge in [-0.2, -0.15) is 0 Å². The number of carbonyl (C=O) groups excluding carboxylic acids is 2. The van der Waals surface area contributed by atoms with Gasteiger partial charge in [0.05, 0.1) is 6.10 Å². The van der Waals surface area contributed by atoms with Crippen molar-refractivity contribution >= 4 is 17.5 Å². The smallest absolute Gasteiger partial charge is 0.239 e. The molecule has 5 heteroatoms. The Morgan fingerprint density at radius 2 is 1.71 bits per heavy atom. The van der Waals surface area contributed by atoms with Gasteiger partial charge in [0.25, 0.3) is 0 Å². The zero-order valence-corrected chi connectivity index (χ0v) is 14.4. The molecule has 0 spiro atoms. The number of amides is 2. The summed E-state index contributed by atoms with van der Waals surface area (Å²) in [6.07, 6.45) is 1.47. The first-order chi connectivity index (χ1) is 11.5. The molecule has 1 unspecified atom stereocenters. The minimum absolute atomic E-state index is 0.0757. The van der Waals surface area contributed by atoms with Gasteiger partial charge in [-0.3, -0.25) is 9.59 Å². The lowest BCUT2D eigenvalue weighted by atomic mass is 10.0. The highest BCUT2D eigenvalue weighted by Crippen LogP contribution is 2.28. The van der Waals surface area contributed by atoms with Crippen molar-refractivity contribution in [1.29, 1.82) is 0 Å². The standard InChI is InChI=1S/C19H26N2O3/c1-13(2)14-3-5-15(6-4-14)21-12-9-17(19(21)24)18(23)20-10-7-16(22)8-11-20/h3-6,13,16-17,22H,7-12H2,1-2H3. The third kappa shape index (κ3) is 3.31. The number of benzene rings is 1. The lowest BCUT2D eigenvalue weighted by molar-refractivity contribution is -0.141. The maximum Gasteiger partial charge on any atom is 0.239 e. The summed E-state index contributed by atoms with van der Waals surface area (Å²) in [5.41, 5.74) is 2.11. The van der Waals surface area contributed by atoms with E-state index in [1.54, 1.807) is 9.80 Å². The number of hydrogen-bond acceptors (Lipinski definition) is 3. The fourth-order valence-electron chi connectivity index (χ4n) is 3.51. The number of aliphatic hydroxyl groups excluding tert-OH is 1. The zero-order valence-electron chi connectivity index (χ0n) is 14.4. The lowest BCUT2D eigenvalue weighted by Gasteiger charge is -2.31. The summed E-state index contributed by atoms with van der Waals surface area (Å²) in [6, 6.07) is 8.04. The number of likely N-dealkylation sites (tertiary alicyclic amines) is 1. The SMILES string of the molecule is CC(C)c1ccc(N2CCC(C(=O)N3CCC(O)CC3)C2=O)cc1. The third-order valence-electron chi connectivity index (χ3n) is 5.15. The number of aliphatic hydroxyl groups is 1. The Morgan fingerprint density at radius 3 is 2.29 bits per heavy atom. The summed E-state index contributed by atoms with van der Waals surface area (Å²) in [5.74, 6) is -0.279. The fraction of sp³-hybridized carbons (Fsp3) is 0.579. The molecule has 130 valence electrons. The molecule has 1 aromatic carbocycles. The van der Waals surface area contributed by atoms with Crippen molar-refractivity contribution in [3.8, 4) is 0 Å². The third-order valence-corrected chi connectivity index (χ3v) is 5.15. The zero-order chi connectivity index (χ0) is 17.3. The van der Waals surface area contributed by atoms with Gasteiger partial charge in [-0.15, -0.1) is 0 Å². The van der Waals surface area contributed by atoms with Crippen LogP contribution in [0.5, 0.6) is 0 Å². The maximum atomic E-state index is 12.7. The van der Waals surface area contributed by atoms with E-state index in [1.807, 2.05) is 12.1 Å². The summed E-state index contributed by atoms with van der Waals surface area (Å²) in [4.78, 5) is 28.8. The van der Waals surface area contributed by atoms with Gasteiger partial charge in [0, 0.05) is 25.3 Å². The van der Waals surface area contributed by atoms with Crippen molar-refractivity contribution in [2.45, 2.75) is 45.1 Å². The summed E-state index contributed by atoms with van der Waals surface area (Å²) in [6.45, 7) is 5.97. The first-order valence-electron chi connectivity index (χ1n) is 8.85. The van der Waals surface area contributed by atoms with E-state index in [2.05, 4.69) is 26.0 Å². The Labute approximate surface area is 143 Å². The van der Waals surface area contributed by atoms with Crippen LogP contribution in [0.2, 0.25) is 0 Å².